The zero-order valence-corrected chi connectivity index (χ0v) is 24.9. The van der Waals surface area contributed by atoms with Crippen molar-refractivity contribution >= 4 is 33.7 Å². The van der Waals surface area contributed by atoms with E-state index < -0.39 is 50.7 Å². The average molecular weight is 657 g/mol. The minimum Gasteiger partial charge on any atom is -0.496 e. The van der Waals surface area contributed by atoms with Gasteiger partial charge in [-0.05, 0) is 86.1 Å². The molecule has 0 aliphatic heterocycles. The van der Waals surface area contributed by atoms with Gasteiger partial charge in [0.15, 0.2) is 0 Å². The van der Waals surface area contributed by atoms with Crippen LogP contribution < -0.4 is 15.4 Å². The molecule has 1 unspecified atom stereocenters. The van der Waals surface area contributed by atoms with Crippen LogP contribution in [-0.4, -0.2) is 37.5 Å². The zero-order valence-electron chi connectivity index (χ0n) is 24.1. The van der Waals surface area contributed by atoms with Crippen molar-refractivity contribution in [2.75, 3.05) is 19.0 Å². The molecule has 2 aliphatic carbocycles. The fourth-order valence-electron chi connectivity index (χ4n) is 6.25. The Morgan fingerprint density at radius 1 is 0.911 bits per heavy atom. The summed E-state index contributed by atoms with van der Waals surface area (Å²) in [5.74, 6) is -3.40. The maximum absolute atomic E-state index is 15.1. The van der Waals surface area contributed by atoms with E-state index in [0.29, 0.717) is 18.4 Å². The molecule has 0 aromatic heterocycles. The van der Waals surface area contributed by atoms with Gasteiger partial charge < -0.3 is 20.1 Å². The Labute approximate surface area is 255 Å². The van der Waals surface area contributed by atoms with Gasteiger partial charge in [0, 0.05) is 23.4 Å². The van der Waals surface area contributed by atoms with Gasteiger partial charge in [-0.3, -0.25) is 9.59 Å². The van der Waals surface area contributed by atoms with Crippen LogP contribution in [0, 0.1) is 23.6 Å². The fourth-order valence-corrected chi connectivity index (χ4v) is 6.90. The van der Waals surface area contributed by atoms with Crippen LogP contribution in [0.5, 0.6) is 5.75 Å². The summed E-state index contributed by atoms with van der Waals surface area (Å²) in [5.41, 5.74) is 0.608. The molecule has 0 heterocycles. The molecule has 2 bridgehead atoms. The normalized spacial score (nSPS) is 22.2. The van der Waals surface area contributed by atoms with Crippen molar-refractivity contribution in [3.8, 4) is 16.9 Å². The zero-order chi connectivity index (χ0) is 32.8. The minimum absolute atomic E-state index is 0.00288. The number of hydrogen-bond donors (Lipinski definition) is 2. The summed E-state index contributed by atoms with van der Waals surface area (Å²) >= 11 is 0. The highest BCUT2D eigenvalue weighted by molar-refractivity contribution is 8.45. The first-order valence-corrected chi connectivity index (χ1v) is 16.0. The molecule has 3 aromatic rings. The molecular weight excluding hydrogens is 626 g/mol. The van der Waals surface area contributed by atoms with Crippen molar-refractivity contribution in [3.05, 3.63) is 77.6 Å². The predicted molar refractivity (Wildman–Crippen MR) is 156 cm³/mol. The van der Waals surface area contributed by atoms with Gasteiger partial charge in [-0.2, -0.15) is 0 Å². The number of carbonyl (C=O) groups is 3. The van der Waals surface area contributed by atoms with Gasteiger partial charge in [0.1, 0.15) is 16.5 Å². The van der Waals surface area contributed by atoms with E-state index in [9.17, 15) is 33.8 Å². The van der Waals surface area contributed by atoms with Crippen LogP contribution in [0.25, 0.3) is 11.1 Å². The van der Waals surface area contributed by atoms with Gasteiger partial charge in [-0.1, -0.05) is 31.6 Å². The second-order valence-electron chi connectivity index (χ2n) is 11.2. The van der Waals surface area contributed by atoms with Crippen molar-refractivity contribution in [1.82, 2.24) is 5.32 Å². The molecule has 45 heavy (non-hydrogen) atoms. The molecule has 2 saturated carbocycles. The number of rotatable bonds is 9. The highest BCUT2D eigenvalue weighted by Crippen LogP contribution is 3.02. The van der Waals surface area contributed by atoms with Crippen molar-refractivity contribution in [2.24, 2.45) is 17.8 Å². The van der Waals surface area contributed by atoms with Gasteiger partial charge in [-0.25, -0.2) is 9.18 Å². The van der Waals surface area contributed by atoms with Gasteiger partial charge in [0.05, 0.1) is 30.8 Å². The number of carbonyl (C=O) groups excluding carboxylic acids is 3. The topological polar surface area (TPSA) is 93.7 Å². The van der Waals surface area contributed by atoms with Crippen molar-refractivity contribution in [3.63, 3.8) is 0 Å². The van der Waals surface area contributed by atoms with Crippen molar-refractivity contribution < 1.29 is 47.7 Å². The molecule has 2 fully saturated rings. The molecular formula is C31H30F6N2O5S. The Morgan fingerprint density at radius 2 is 1.56 bits per heavy atom. The van der Waals surface area contributed by atoms with Crippen molar-refractivity contribution in [1.29, 1.82) is 0 Å². The number of anilines is 1. The number of amides is 2. The molecule has 14 heteroatoms. The van der Waals surface area contributed by atoms with E-state index in [1.54, 1.807) is 6.92 Å². The third kappa shape index (κ3) is 6.75. The second kappa shape index (κ2) is 11.0. The smallest absolute Gasteiger partial charge is 0.338 e. The first kappa shape index (κ1) is 32.2. The first-order valence-electron chi connectivity index (χ1n) is 14.1. The largest absolute Gasteiger partial charge is 0.496 e. The molecule has 242 valence electrons. The van der Waals surface area contributed by atoms with Crippen molar-refractivity contribution in [2.45, 2.75) is 37.1 Å². The van der Waals surface area contributed by atoms with Crippen LogP contribution in [0.3, 0.4) is 0 Å². The number of halogens is 6. The Kier molecular flexibility index (Phi) is 7.87. The summed E-state index contributed by atoms with van der Waals surface area (Å²) in [4.78, 5) is 36.9. The van der Waals surface area contributed by atoms with E-state index in [1.807, 2.05) is 0 Å². The molecule has 2 aliphatic rings. The summed E-state index contributed by atoms with van der Waals surface area (Å²) in [6, 6.07) is 9.65. The fraction of sp³-hybridized carbons (Fsp3) is 0.323. The lowest BCUT2D eigenvalue weighted by molar-refractivity contribution is -0.122. The molecule has 0 spiro atoms. The van der Waals surface area contributed by atoms with Gasteiger partial charge in [0.25, 0.3) is 5.91 Å². The second-order valence-corrected chi connectivity index (χ2v) is 13.6. The lowest BCUT2D eigenvalue weighted by Crippen LogP contribution is -2.48. The Balaban J connectivity index is 1.36. The number of benzene rings is 3. The number of esters is 1. The van der Waals surface area contributed by atoms with E-state index in [4.69, 9.17) is 9.47 Å². The molecule has 0 saturated heterocycles. The molecule has 5 rings (SSSR count). The SMILES string of the molecule is CCOC(=O)c1ccc(-c2cc(C(=O)N[C@H]3C(C(=O)Nc4ccc(S(F)(F)(F)(F)F)cc4)[C@@H]4CC[C@H]3C4)c(OC)cc2F)cc1. The van der Waals surface area contributed by atoms with Crippen LogP contribution in [0.1, 0.15) is 46.9 Å². The van der Waals surface area contributed by atoms with E-state index in [1.165, 1.54) is 37.4 Å². The lowest BCUT2D eigenvalue weighted by Gasteiger charge is -2.40. The van der Waals surface area contributed by atoms with Gasteiger partial charge in [0.2, 0.25) is 5.91 Å². The van der Waals surface area contributed by atoms with E-state index >= 15 is 4.39 Å². The quantitative estimate of drug-likeness (QED) is 0.179. The number of ether oxygens (including phenoxy) is 2. The molecule has 2 amide bonds. The van der Waals surface area contributed by atoms with E-state index in [0.717, 1.165) is 24.6 Å². The first-order chi connectivity index (χ1) is 21.0. The summed E-state index contributed by atoms with van der Waals surface area (Å²) in [7, 11) is -8.60. The van der Waals surface area contributed by atoms with Crippen LogP contribution in [-0.2, 0) is 9.53 Å². The number of hydrogen-bond acceptors (Lipinski definition) is 5. The lowest BCUT2D eigenvalue weighted by atomic mass is 9.83. The highest BCUT2D eigenvalue weighted by atomic mass is 32.5. The van der Waals surface area contributed by atoms with Crippen LogP contribution in [0.4, 0.5) is 29.5 Å². The van der Waals surface area contributed by atoms with Crippen LogP contribution in [0.2, 0.25) is 0 Å². The average Bonchev–Trinajstić information content (AvgIpc) is 3.58. The van der Waals surface area contributed by atoms with E-state index in [-0.39, 0.29) is 58.7 Å². The molecule has 7 nitrogen and oxygen atoms in total. The molecule has 3 aromatic carbocycles. The Morgan fingerprint density at radius 3 is 2.16 bits per heavy atom. The van der Waals surface area contributed by atoms with Gasteiger partial charge in [-0.15, -0.1) is 0 Å². The number of nitrogens with one attached hydrogen (secondary N) is 2. The van der Waals surface area contributed by atoms with Crippen LogP contribution >= 0.6 is 10.2 Å². The maximum Gasteiger partial charge on any atom is 0.338 e. The standard InChI is InChI=1S/C31H30F6N2O5S/c1-3-44-31(42)18-6-4-17(5-7-18)23-15-24(26(43-2)16-25(23)32)29(40)39-28-20-9-8-19(14-20)27(28)30(41)38-21-10-12-22(13-11-21)45(33,34,35,36)37/h4-7,10-13,15-16,19-20,27-28H,3,8-9,14H2,1-2H3,(H,38,41)(H,39,40)/t19-,20+,27?,28-/m1/s1. The Bertz CT molecular complexity index is 1650. The summed E-state index contributed by atoms with van der Waals surface area (Å²) in [6.45, 7) is 1.86. The number of fused-ring (bicyclic) bond motifs is 2. The third-order valence-electron chi connectivity index (χ3n) is 8.33. The maximum atomic E-state index is 15.1. The van der Waals surface area contributed by atoms with E-state index in [2.05, 4.69) is 10.6 Å². The number of methoxy groups -OCH3 is 1. The van der Waals surface area contributed by atoms with Gasteiger partial charge >= 0.3 is 16.2 Å². The molecule has 2 N–H and O–H groups in total. The summed E-state index contributed by atoms with van der Waals surface area (Å²) < 4.78 is 90.8. The highest BCUT2D eigenvalue weighted by Gasteiger charge is 2.65. The monoisotopic (exact) mass is 656 g/mol. The summed E-state index contributed by atoms with van der Waals surface area (Å²) in [5, 5.41) is 5.39. The minimum atomic E-state index is -9.87. The predicted octanol–water partition coefficient (Wildman–Crippen LogP) is 8.12. The summed E-state index contributed by atoms with van der Waals surface area (Å²) in [6.07, 6.45) is 2.06. The third-order valence-corrected chi connectivity index (χ3v) is 9.49. The molecule has 0 radical (unpaired) electrons. The molecule has 4 atom stereocenters. The van der Waals surface area contributed by atoms with Crippen LogP contribution in [0.15, 0.2) is 65.6 Å². The Hall–Kier alpha value is -4.20.